The van der Waals surface area contributed by atoms with E-state index >= 15 is 0 Å². The zero-order valence-corrected chi connectivity index (χ0v) is 10.7. The van der Waals surface area contributed by atoms with Gasteiger partial charge in [0.15, 0.2) is 0 Å². The Morgan fingerprint density at radius 3 is 2.89 bits per heavy atom. The maximum Gasteiger partial charge on any atom is 0.251 e. The van der Waals surface area contributed by atoms with E-state index in [1.807, 2.05) is 18.2 Å². The van der Waals surface area contributed by atoms with E-state index in [0.717, 1.165) is 28.5 Å². The van der Waals surface area contributed by atoms with E-state index in [2.05, 4.69) is 19.0 Å². The predicted molar refractivity (Wildman–Crippen MR) is 72.8 cm³/mol. The SMILES string of the molecule is O=C(NCc1ccccn1)c1ccc2nsnc2c1. The lowest BCUT2D eigenvalue weighted by Gasteiger charge is -2.04. The van der Waals surface area contributed by atoms with Gasteiger partial charge in [-0.3, -0.25) is 9.78 Å². The molecule has 0 aliphatic carbocycles. The molecule has 2 heterocycles. The van der Waals surface area contributed by atoms with Gasteiger partial charge in [-0.05, 0) is 30.3 Å². The first-order chi connectivity index (χ1) is 9.33. The van der Waals surface area contributed by atoms with Gasteiger partial charge >= 0.3 is 0 Å². The molecular weight excluding hydrogens is 260 g/mol. The molecule has 0 saturated carbocycles. The average molecular weight is 270 g/mol. The van der Waals surface area contributed by atoms with Crippen LogP contribution in [0, 0.1) is 0 Å². The number of nitrogens with one attached hydrogen (secondary N) is 1. The Morgan fingerprint density at radius 2 is 2.05 bits per heavy atom. The average Bonchev–Trinajstić information content (AvgIpc) is 2.93. The van der Waals surface area contributed by atoms with Crippen LogP contribution in [0.15, 0.2) is 42.6 Å². The number of fused-ring (bicyclic) bond motifs is 1. The molecule has 1 amide bonds. The van der Waals surface area contributed by atoms with Crippen LogP contribution in [0.25, 0.3) is 11.0 Å². The van der Waals surface area contributed by atoms with Crippen molar-refractivity contribution in [2.45, 2.75) is 6.54 Å². The van der Waals surface area contributed by atoms with E-state index in [-0.39, 0.29) is 5.91 Å². The van der Waals surface area contributed by atoms with E-state index < -0.39 is 0 Å². The van der Waals surface area contributed by atoms with Crippen molar-refractivity contribution in [2.24, 2.45) is 0 Å². The topological polar surface area (TPSA) is 67.8 Å². The van der Waals surface area contributed by atoms with Crippen molar-refractivity contribution < 1.29 is 4.79 Å². The number of nitrogens with zero attached hydrogens (tertiary/aromatic N) is 3. The van der Waals surface area contributed by atoms with Crippen molar-refractivity contribution in [3.05, 3.63) is 53.9 Å². The molecule has 0 spiro atoms. The molecule has 0 aliphatic rings. The zero-order chi connectivity index (χ0) is 13.1. The number of hydrogen-bond donors (Lipinski definition) is 1. The minimum Gasteiger partial charge on any atom is -0.346 e. The Kier molecular flexibility index (Phi) is 3.16. The fraction of sp³-hybridized carbons (Fsp3) is 0.0769. The highest BCUT2D eigenvalue weighted by Crippen LogP contribution is 2.13. The van der Waals surface area contributed by atoms with E-state index in [1.165, 1.54) is 0 Å². The number of hydrogen-bond acceptors (Lipinski definition) is 5. The van der Waals surface area contributed by atoms with Crippen LogP contribution in [0.5, 0.6) is 0 Å². The van der Waals surface area contributed by atoms with Crippen molar-refractivity contribution in [2.75, 3.05) is 0 Å². The van der Waals surface area contributed by atoms with E-state index in [9.17, 15) is 4.79 Å². The first-order valence-electron chi connectivity index (χ1n) is 5.73. The minimum atomic E-state index is -0.138. The van der Waals surface area contributed by atoms with Gasteiger partial charge in [-0.15, -0.1) is 0 Å². The number of aromatic nitrogens is 3. The molecular formula is C13H10N4OS. The monoisotopic (exact) mass is 270 g/mol. The summed E-state index contributed by atoms with van der Waals surface area (Å²) in [4.78, 5) is 16.2. The van der Waals surface area contributed by atoms with Gasteiger partial charge in [-0.2, -0.15) is 8.75 Å². The quantitative estimate of drug-likeness (QED) is 0.790. The van der Waals surface area contributed by atoms with E-state index in [0.29, 0.717) is 12.1 Å². The van der Waals surface area contributed by atoms with Gasteiger partial charge in [-0.1, -0.05) is 6.07 Å². The van der Waals surface area contributed by atoms with Gasteiger partial charge in [0.2, 0.25) is 0 Å². The van der Waals surface area contributed by atoms with Crippen molar-refractivity contribution in [3.63, 3.8) is 0 Å². The van der Waals surface area contributed by atoms with Gasteiger partial charge in [-0.25, -0.2) is 0 Å². The summed E-state index contributed by atoms with van der Waals surface area (Å²) in [6, 6.07) is 10.9. The van der Waals surface area contributed by atoms with Crippen LogP contribution in [0.4, 0.5) is 0 Å². The van der Waals surface area contributed by atoms with E-state index in [1.54, 1.807) is 24.4 Å². The highest BCUT2D eigenvalue weighted by atomic mass is 32.1. The molecule has 5 nitrogen and oxygen atoms in total. The fourth-order valence-corrected chi connectivity index (χ4v) is 2.22. The van der Waals surface area contributed by atoms with Gasteiger partial charge in [0, 0.05) is 11.8 Å². The van der Waals surface area contributed by atoms with Gasteiger partial charge in [0.25, 0.3) is 5.91 Å². The fourth-order valence-electron chi connectivity index (χ4n) is 1.70. The summed E-state index contributed by atoms with van der Waals surface area (Å²) in [5.74, 6) is -0.138. The standard InChI is InChI=1S/C13H10N4OS/c18-13(15-8-10-3-1-2-6-14-10)9-4-5-11-12(7-9)17-19-16-11/h1-7H,8H2,(H,15,18). The largest absolute Gasteiger partial charge is 0.346 e. The van der Waals surface area contributed by atoms with Gasteiger partial charge in [0.1, 0.15) is 11.0 Å². The molecule has 1 N–H and O–H groups in total. The van der Waals surface area contributed by atoms with Crippen LogP contribution in [0.2, 0.25) is 0 Å². The smallest absolute Gasteiger partial charge is 0.251 e. The molecule has 1 aromatic carbocycles. The third-order valence-corrected chi connectivity index (χ3v) is 3.23. The highest BCUT2D eigenvalue weighted by molar-refractivity contribution is 7.00. The molecule has 0 atom stereocenters. The number of carbonyl (C=O) groups excluding carboxylic acids is 1. The first kappa shape index (κ1) is 11.7. The Labute approximate surface area is 113 Å². The number of pyridine rings is 1. The molecule has 0 radical (unpaired) electrons. The number of amides is 1. The summed E-state index contributed by atoms with van der Waals surface area (Å²) in [6.45, 7) is 0.410. The second-order valence-electron chi connectivity index (χ2n) is 3.97. The molecule has 0 unspecified atom stereocenters. The normalized spacial score (nSPS) is 10.5. The van der Waals surface area contributed by atoms with Crippen LogP contribution in [0.3, 0.4) is 0 Å². The number of benzene rings is 1. The van der Waals surface area contributed by atoms with Crippen molar-refractivity contribution in [3.8, 4) is 0 Å². The molecule has 6 heteroatoms. The molecule has 0 fully saturated rings. The van der Waals surface area contributed by atoms with E-state index in [4.69, 9.17) is 0 Å². The highest BCUT2D eigenvalue weighted by Gasteiger charge is 2.08. The predicted octanol–water partition coefficient (Wildman–Crippen LogP) is 2.02. The Bertz CT molecular complexity index is 711. The molecule has 0 saturated heterocycles. The van der Waals surface area contributed by atoms with Gasteiger partial charge < -0.3 is 5.32 Å². The van der Waals surface area contributed by atoms with Crippen molar-refractivity contribution >= 4 is 28.7 Å². The molecule has 0 aliphatic heterocycles. The Morgan fingerprint density at radius 1 is 1.16 bits per heavy atom. The maximum atomic E-state index is 12.0. The van der Waals surface area contributed by atoms with Crippen LogP contribution in [0.1, 0.15) is 16.1 Å². The second-order valence-corrected chi connectivity index (χ2v) is 4.50. The van der Waals surface area contributed by atoms with Crippen LogP contribution in [-0.2, 0) is 6.54 Å². The summed E-state index contributed by atoms with van der Waals surface area (Å²) in [6.07, 6.45) is 1.70. The summed E-state index contributed by atoms with van der Waals surface area (Å²) in [7, 11) is 0. The minimum absolute atomic E-state index is 0.138. The van der Waals surface area contributed by atoms with Crippen LogP contribution < -0.4 is 5.32 Å². The van der Waals surface area contributed by atoms with Crippen LogP contribution >= 0.6 is 11.7 Å². The molecule has 3 aromatic rings. The van der Waals surface area contributed by atoms with Crippen molar-refractivity contribution in [1.29, 1.82) is 0 Å². The first-order valence-corrected chi connectivity index (χ1v) is 6.46. The Balaban J connectivity index is 1.73. The second kappa shape index (κ2) is 5.11. The third kappa shape index (κ3) is 2.58. The molecule has 94 valence electrons. The number of carbonyl (C=O) groups is 1. The molecule has 2 aromatic heterocycles. The summed E-state index contributed by atoms with van der Waals surface area (Å²) >= 11 is 1.14. The molecule has 0 bridgehead atoms. The van der Waals surface area contributed by atoms with Gasteiger partial charge in [0.05, 0.1) is 24.0 Å². The maximum absolute atomic E-state index is 12.0. The lowest BCUT2D eigenvalue weighted by molar-refractivity contribution is 0.0950. The zero-order valence-electron chi connectivity index (χ0n) is 9.91. The van der Waals surface area contributed by atoms with Crippen LogP contribution in [-0.4, -0.2) is 19.6 Å². The molecule has 19 heavy (non-hydrogen) atoms. The third-order valence-electron chi connectivity index (χ3n) is 2.67. The summed E-state index contributed by atoms with van der Waals surface area (Å²) < 4.78 is 8.22. The van der Waals surface area contributed by atoms with Crippen molar-refractivity contribution in [1.82, 2.24) is 19.0 Å². The lowest BCUT2D eigenvalue weighted by atomic mass is 10.2. The number of rotatable bonds is 3. The molecule has 3 rings (SSSR count). The Hall–Kier alpha value is -2.34. The lowest BCUT2D eigenvalue weighted by Crippen LogP contribution is -2.23. The summed E-state index contributed by atoms with van der Waals surface area (Å²) in [5, 5.41) is 2.83. The summed E-state index contributed by atoms with van der Waals surface area (Å²) in [5.41, 5.74) is 2.96.